The molecule has 0 unspecified atom stereocenters. The zero-order chi connectivity index (χ0) is 17.1. The summed E-state index contributed by atoms with van der Waals surface area (Å²) in [5, 5.41) is 0. The van der Waals surface area contributed by atoms with E-state index in [-0.39, 0.29) is 5.92 Å². The van der Waals surface area contributed by atoms with Crippen molar-refractivity contribution in [2.75, 3.05) is 13.7 Å². The number of nitrogens with zero attached hydrogens (tertiary/aromatic N) is 3. The van der Waals surface area contributed by atoms with Gasteiger partial charge in [0.15, 0.2) is 5.65 Å². The molecule has 2 heterocycles. The summed E-state index contributed by atoms with van der Waals surface area (Å²) in [5.74, 6) is 0.500. The zero-order valence-electron chi connectivity index (χ0n) is 13.9. The van der Waals surface area contributed by atoms with Crippen LogP contribution >= 0.6 is 0 Å². The molecule has 0 aliphatic rings. The highest BCUT2D eigenvalue weighted by atomic mass is 16.5. The first-order valence-electron chi connectivity index (χ1n) is 7.66. The van der Waals surface area contributed by atoms with Gasteiger partial charge in [-0.3, -0.25) is 0 Å². The molecule has 0 amide bonds. The fraction of sp³-hybridized carbons (Fsp3) is 0.278. The van der Waals surface area contributed by atoms with Gasteiger partial charge in [0.2, 0.25) is 0 Å². The molecule has 0 N–H and O–H groups in total. The van der Waals surface area contributed by atoms with Crippen LogP contribution in [0.15, 0.2) is 42.9 Å². The zero-order valence-corrected chi connectivity index (χ0v) is 13.9. The average molecular weight is 325 g/mol. The van der Waals surface area contributed by atoms with Gasteiger partial charge in [0.25, 0.3) is 0 Å². The maximum absolute atomic E-state index is 12.2. The lowest BCUT2D eigenvalue weighted by atomic mass is 10.0. The fourth-order valence-corrected chi connectivity index (χ4v) is 2.44. The Bertz CT molecular complexity index is 856. The lowest BCUT2D eigenvalue weighted by molar-refractivity contribution is 0.0485. The number of aromatic nitrogens is 3. The molecule has 6 nitrogen and oxygen atoms in total. The molecule has 0 aliphatic heterocycles. The number of hydrogen-bond donors (Lipinski definition) is 0. The quantitative estimate of drug-likeness (QED) is 0.675. The summed E-state index contributed by atoms with van der Waals surface area (Å²) in [5.41, 5.74) is 2.90. The predicted octanol–water partition coefficient (Wildman–Crippen LogP) is 2.94. The van der Waals surface area contributed by atoms with Crippen LogP contribution in [0.3, 0.4) is 0 Å². The molecule has 6 heteroatoms. The van der Waals surface area contributed by atoms with Gasteiger partial charge < -0.3 is 14.0 Å². The van der Waals surface area contributed by atoms with Gasteiger partial charge in [-0.15, -0.1) is 0 Å². The molecule has 0 spiro atoms. The lowest BCUT2D eigenvalue weighted by Crippen LogP contribution is -2.11. The summed E-state index contributed by atoms with van der Waals surface area (Å²) < 4.78 is 12.4. The molecule has 3 rings (SSSR count). The number of benzene rings is 1. The van der Waals surface area contributed by atoms with Crippen molar-refractivity contribution in [1.29, 1.82) is 0 Å². The number of methoxy groups -OCH3 is 1. The van der Waals surface area contributed by atoms with E-state index in [4.69, 9.17) is 9.47 Å². The Balaban J connectivity index is 1.64. The van der Waals surface area contributed by atoms with Crippen LogP contribution in [0.5, 0.6) is 5.75 Å². The number of imidazole rings is 1. The van der Waals surface area contributed by atoms with E-state index in [0.717, 1.165) is 17.0 Å². The van der Waals surface area contributed by atoms with Gasteiger partial charge in [-0.2, -0.15) is 0 Å². The van der Waals surface area contributed by atoms with Crippen LogP contribution in [0, 0.1) is 0 Å². The number of aryl methyl sites for hydroxylation is 1. The molecular weight excluding hydrogens is 306 g/mol. The second-order valence-electron chi connectivity index (χ2n) is 5.69. The Labute approximate surface area is 140 Å². The molecular formula is C18H19N3O3. The van der Waals surface area contributed by atoms with Gasteiger partial charge >= 0.3 is 5.97 Å². The minimum absolute atomic E-state index is 0.0893. The summed E-state index contributed by atoms with van der Waals surface area (Å²) in [7, 11) is 3.49. The molecule has 0 saturated heterocycles. The predicted molar refractivity (Wildman–Crippen MR) is 90.2 cm³/mol. The second kappa shape index (κ2) is 6.70. The molecule has 124 valence electrons. The summed E-state index contributed by atoms with van der Waals surface area (Å²) >= 11 is 0. The minimum atomic E-state index is -0.393. The summed E-state index contributed by atoms with van der Waals surface area (Å²) in [6.07, 6.45) is 3.18. The summed E-state index contributed by atoms with van der Waals surface area (Å²) in [6, 6.07) is 9.43. The van der Waals surface area contributed by atoms with E-state index in [1.165, 1.54) is 6.20 Å². The topological polar surface area (TPSA) is 66.2 Å². The van der Waals surface area contributed by atoms with Crippen molar-refractivity contribution >= 4 is 17.1 Å². The van der Waals surface area contributed by atoms with Crippen LogP contribution in [0.25, 0.3) is 11.2 Å². The van der Waals surface area contributed by atoms with E-state index in [0.29, 0.717) is 17.7 Å². The van der Waals surface area contributed by atoms with Gasteiger partial charge in [0, 0.05) is 19.2 Å². The molecule has 0 fully saturated rings. The first-order chi connectivity index (χ1) is 11.6. The second-order valence-corrected chi connectivity index (χ2v) is 5.69. The number of esters is 1. The third kappa shape index (κ3) is 3.22. The van der Waals surface area contributed by atoms with Crippen LogP contribution in [-0.2, 0) is 11.8 Å². The van der Waals surface area contributed by atoms with Gasteiger partial charge in [0.1, 0.15) is 11.3 Å². The molecule has 0 bridgehead atoms. The Morgan fingerprint density at radius 3 is 2.71 bits per heavy atom. The molecule has 1 aromatic carbocycles. The number of carbonyl (C=O) groups is 1. The Kier molecular flexibility index (Phi) is 4.46. The highest BCUT2D eigenvalue weighted by Crippen LogP contribution is 2.20. The van der Waals surface area contributed by atoms with Crippen molar-refractivity contribution in [1.82, 2.24) is 14.5 Å². The van der Waals surface area contributed by atoms with E-state index in [1.54, 1.807) is 24.1 Å². The number of rotatable bonds is 5. The summed E-state index contributed by atoms with van der Waals surface area (Å²) in [6.45, 7) is 2.31. The Morgan fingerprint density at radius 1 is 1.25 bits per heavy atom. The van der Waals surface area contributed by atoms with Gasteiger partial charge in [-0.05, 0) is 23.8 Å². The number of ether oxygens (including phenoxy) is 2. The largest absolute Gasteiger partial charge is 0.497 e. The molecule has 1 atom stereocenters. The molecule has 24 heavy (non-hydrogen) atoms. The molecule has 3 aromatic rings. The SMILES string of the molecule is COc1ccc([C@@H](C)COC(=O)c2cnc3c(c2)ncn3C)cc1. The summed E-state index contributed by atoms with van der Waals surface area (Å²) in [4.78, 5) is 20.7. The fourth-order valence-electron chi connectivity index (χ4n) is 2.44. The van der Waals surface area contributed by atoms with Gasteiger partial charge in [-0.1, -0.05) is 19.1 Å². The van der Waals surface area contributed by atoms with Crippen LogP contribution in [0.2, 0.25) is 0 Å². The minimum Gasteiger partial charge on any atom is -0.497 e. The highest BCUT2D eigenvalue weighted by molar-refractivity contribution is 5.92. The lowest BCUT2D eigenvalue weighted by Gasteiger charge is -2.13. The van der Waals surface area contributed by atoms with Crippen molar-refractivity contribution in [2.45, 2.75) is 12.8 Å². The van der Waals surface area contributed by atoms with Crippen LogP contribution < -0.4 is 4.74 Å². The van der Waals surface area contributed by atoms with E-state index < -0.39 is 5.97 Å². The number of hydrogen-bond acceptors (Lipinski definition) is 5. The molecule has 0 aliphatic carbocycles. The van der Waals surface area contributed by atoms with E-state index in [9.17, 15) is 4.79 Å². The van der Waals surface area contributed by atoms with E-state index in [1.807, 2.05) is 38.2 Å². The molecule has 2 aromatic heterocycles. The number of fused-ring (bicyclic) bond motifs is 1. The molecule has 0 radical (unpaired) electrons. The number of carbonyl (C=O) groups excluding carboxylic acids is 1. The first kappa shape index (κ1) is 16.0. The Morgan fingerprint density at radius 2 is 2.00 bits per heavy atom. The van der Waals surface area contributed by atoms with E-state index in [2.05, 4.69) is 9.97 Å². The standard InChI is InChI=1S/C18H19N3O3/c1-12(13-4-6-15(23-3)7-5-13)10-24-18(22)14-8-16-17(19-9-14)21(2)11-20-16/h4-9,11-12H,10H2,1-3H3/t12-/m0/s1. The van der Waals surface area contributed by atoms with Crippen molar-refractivity contribution in [3.05, 3.63) is 54.0 Å². The van der Waals surface area contributed by atoms with Crippen molar-refractivity contribution in [3.63, 3.8) is 0 Å². The van der Waals surface area contributed by atoms with Crippen molar-refractivity contribution in [2.24, 2.45) is 7.05 Å². The monoisotopic (exact) mass is 325 g/mol. The molecule has 0 saturated carbocycles. The third-order valence-electron chi connectivity index (χ3n) is 3.94. The normalized spacial score (nSPS) is 12.1. The average Bonchev–Trinajstić information content (AvgIpc) is 3.00. The van der Waals surface area contributed by atoms with Crippen molar-refractivity contribution in [3.8, 4) is 5.75 Å². The Hall–Kier alpha value is -2.89. The van der Waals surface area contributed by atoms with Crippen LogP contribution in [-0.4, -0.2) is 34.2 Å². The van der Waals surface area contributed by atoms with Crippen molar-refractivity contribution < 1.29 is 14.3 Å². The number of pyridine rings is 1. The van der Waals surface area contributed by atoms with Crippen LogP contribution in [0.1, 0.15) is 28.8 Å². The van der Waals surface area contributed by atoms with E-state index >= 15 is 0 Å². The maximum Gasteiger partial charge on any atom is 0.339 e. The smallest absolute Gasteiger partial charge is 0.339 e. The maximum atomic E-state index is 12.2. The van der Waals surface area contributed by atoms with Gasteiger partial charge in [-0.25, -0.2) is 14.8 Å². The first-order valence-corrected chi connectivity index (χ1v) is 7.66. The highest BCUT2D eigenvalue weighted by Gasteiger charge is 2.13. The van der Waals surface area contributed by atoms with Crippen LogP contribution in [0.4, 0.5) is 0 Å². The third-order valence-corrected chi connectivity index (χ3v) is 3.94. The van der Waals surface area contributed by atoms with Gasteiger partial charge in [0.05, 0.1) is 25.6 Å².